The van der Waals surface area contributed by atoms with Crippen LogP contribution < -0.4 is 0 Å². The van der Waals surface area contributed by atoms with Gasteiger partial charge in [-0.25, -0.2) is 0 Å². The van der Waals surface area contributed by atoms with Gasteiger partial charge >= 0.3 is 0 Å². The number of hydrogen-bond acceptors (Lipinski definition) is 1. The van der Waals surface area contributed by atoms with Gasteiger partial charge in [-0.1, -0.05) is 6.92 Å². The van der Waals surface area contributed by atoms with Gasteiger partial charge in [0.25, 0.3) is 0 Å². The summed E-state index contributed by atoms with van der Waals surface area (Å²) in [7, 11) is 0. The molecule has 0 spiro atoms. The summed E-state index contributed by atoms with van der Waals surface area (Å²) in [6.07, 6.45) is 0.520. The molecule has 0 heterocycles. The zero-order chi connectivity index (χ0) is 8.15. The first kappa shape index (κ1) is 10.8. The van der Waals surface area contributed by atoms with Crippen LogP contribution in [0.2, 0.25) is 0 Å². The molecule has 0 aliphatic heterocycles. The molecule has 4 heteroatoms. The Hall–Kier alpha value is 0.830. The van der Waals surface area contributed by atoms with Crippen LogP contribution in [0.4, 0.5) is 0 Å². The minimum Gasteiger partial charge on any atom is -0.396 e. The van der Waals surface area contributed by atoms with E-state index in [2.05, 4.69) is 0 Å². The molecular weight excluding hydrogens is 194 g/mol. The molecule has 0 aromatic carbocycles. The van der Waals surface area contributed by atoms with E-state index in [4.69, 9.17) is 39.9 Å². The smallest absolute Gasteiger partial charge is 0.109 e. The second-order valence-electron chi connectivity index (χ2n) is 2.30. The predicted molar refractivity (Wildman–Crippen MR) is 46.0 cm³/mol. The Morgan fingerprint density at radius 2 is 1.80 bits per heavy atom. The van der Waals surface area contributed by atoms with Crippen molar-refractivity contribution < 1.29 is 5.11 Å². The summed E-state index contributed by atoms with van der Waals surface area (Å²) in [6.45, 7) is 1.93. The Bertz CT molecular complexity index is 87.1. The van der Waals surface area contributed by atoms with E-state index in [9.17, 15) is 0 Å². The lowest BCUT2D eigenvalue weighted by atomic mass is 10.1. The number of rotatable bonds is 4. The van der Waals surface area contributed by atoms with Crippen LogP contribution in [0.15, 0.2) is 0 Å². The fourth-order valence-electron chi connectivity index (χ4n) is 0.517. The molecule has 0 aliphatic carbocycles. The second-order valence-corrected chi connectivity index (χ2v) is 4.14. The average molecular weight is 206 g/mol. The summed E-state index contributed by atoms with van der Waals surface area (Å²) >= 11 is 16.7. The molecule has 0 saturated carbocycles. The molecule has 1 nitrogen and oxygen atoms in total. The van der Waals surface area contributed by atoms with Crippen LogP contribution in [-0.2, 0) is 0 Å². The first-order chi connectivity index (χ1) is 4.57. The van der Waals surface area contributed by atoms with Crippen LogP contribution in [0, 0.1) is 5.92 Å². The molecule has 0 radical (unpaired) electrons. The molecule has 0 saturated heterocycles. The van der Waals surface area contributed by atoms with Gasteiger partial charge in [0.2, 0.25) is 0 Å². The number of aliphatic hydroxyl groups excluding tert-OH is 1. The molecule has 0 aromatic heterocycles. The SMILES string of the molecule is CC(CO)C(Cl)CC(Cl)Cl. The third-order valence-corrected chi connectivity index (χ3v) is 2.27. The van der Waals surface area contributed by atoms with Crippen LogP contribution in [0.5, 0.6) is 0 Å². The van der Waals surface area contributed by atoms with Crippen molar-refractivity contribution in [2.24, 2.45) is 5.92 Å². The predicted octanol–water partition coefficient (Wildman–Crippen LogP) is 2.42. The Morgan fingerprint density at radius 3 is 2.10 bits per heavy atom. The summed E-state index contributed by atoms with van der Waals surface area (Å²) in [4.78, 5) is -0.434. The third-order valence-electron chi connectivity index (χ3n) is 1.31. The maximum absolute atomic E-state index is 8.65. The van der Waals surface area contributed by atoms with Crippen molar-refractivity contribution in [3.8, 4) is 0 Å². The van der Waals surface area contributed by atoms with E-state index in [0.717, 1.165) is 0 Å². The van der Waals surface area contributed by atoms with Crippen molar-refractivity contribution in [3.05, 3.63) is 0 Å². The molecule has 1 N–H and O–H groups in total. The number of alkyl halides is 3. The Morgan fingerprint density at radius 1 is 1.30 bits per heavy atom. The van der Waals surface area contributed by atoms with Crippen LogP contribution in [0.1, 0.15) is 13.3 Å². The number of halogens is 3. The van der Waals surface area contributed by atoms with Crippen LogP contribution >= 0.6 is 34.8 Å². The van der Waals surface area contributed by atoms with Crippen molar-refractivity contribution >= 4 is 34.8 Å². The van der Waals surface area contributed by atoms with Crippen LogP contribution in [-0.4, -0.2) is 21.9 Å². The van der Waals surface area contributed by atoms with Crippen molar-refractivity contribution in [2.45, 2.75) is 23.6 Å². The van der Waals surface area contributed by atoms with Crippen molar-refractivity contribution in [1.29, 1.82) is 0 Å². The summed E-state index contributed by atoms with van der Waals surface area (Å²) in [5.74, 6) is 0.0571. The molecule has 0 aliphatic rings. The van der Waals surface area contributed by atoms with E-state index < -0.39 is 4.84 Å². The Balaban J connectivity index is 3.50. The van der Waals surface area contributed by atoms with Gasteiger partial charge in [0, 0.05) is 12.0 Å². The van der Waals surface area contributed by atoms with Gasteiger partial charge in [0.05, 0.1) is 0 Å². The van der Waals surface area contributed by atoms with E-state index in [-0.39, 0.29) is 17.9 Å². The zero-order valence-electron chi connectivity index (χ0n) is 5.73. The number of hydrogen-bond donors (Lipinski definition) is 1. The molecule has 2 atom stereocenters. The standard InChI is InChI=1S/C6H11Cl3O/c1-4(3-10)5(7)2-6(8)9/h4-6,10H,2-3H2,1H3. The molecule has 10 heavy (non-hydrogen) atoms. The maximum atomic E-state index is 8.65. The zero-order valence-corrected chi connectivity index (χ0v) is 8.00. The second kappa shape index (κ2) is 5.48. The minimum absolute atomic E-state index is 0.0571. The first-order valence-corrected chi connectivity index (χ1v) is 4.42. The normalized spacial score (nSPS) is 17.4. The average Bonchev–Trinajstić information content (AvgIpc) is 1.85. The van der Waals surface area contributed by atoms with Gasteiger partial charge in [-0.15, -0.1) is 34.8 Å². The third kappa shape index (κ3) is 4.62. The lowest BCUT2D eigenvalue weighted by Gasteiger charge is -2.15. The molecule has 2 unspecified atom stereocenters. The van der Waals surface area contributed by atoms with E-state index in [1.54, 1.807) is 0 Å². The van der Waals surface area contributed by atoms with E-state index >= 15 is 0 Å². The topological polar surface area (TPSA) is 20.2 Å². The monoisotopic (exact) mass is 204 g/mol. The lowest BCUT2D eigenvalue weighted by molar-refractivity contribution is 0.231. The highest BCUT2D eigenvalue weighted by Gasteiger charge is 2.16. The number of aliphatic hydroxyl groups is 1. The highest BCUT2D eigenvalue weighted by atomic mass is 35.5. The summed E-state index contributed by atoms with van der Waals surface area (Å²) in [5, 5.41) is 8.51. The van der Waals surface area contributed by atoms with Gasteiger partial charge < -0.3 is 5.11 Å². The van der Waals surface area contributed by atoms with Gasteiger partial charge in [-0.2, -0.15) is 0 Å². The summed E-state index contributed by atoms with van der Waals surface area (Å²) < 4.78 is 0. The lowest BCUT2D eigenvalue weighted by Crippen LogP contribution is -2.17. The first-order valence-electron chi connectivity index (χ1n) is 3.11. The van der Waals surface area contributed by atoms with Gasteiger partial charge in [0.15, 0.2) is 0 Å². The van der Waals surface area contributed by atoms with Crippen molar-refractivity contribution in [3.63, 3.8) is 0 Å². The largest absolute Gasteiger partial charge is 0.396 e. The quantitative estimate of drug-likeness (QED) is 0.699. The van der Waals surface area contributed by atoms with E-state index in [0.29, 0.717) is 6.42 Å². The van der Waals surface area contributed by atoms with Gasteiger partial charge in [-0.3, -0.25) is 0 Å². The summed E-state index contributed by atoms with van der Waals surface area (Å²) in [6, 6.07) is 0. The van der Waals surface area contributed by atoms with Gasteiger partial charge in [-0.05, 0) is 12.3 Å². The van der Waals surface area contributed by atoms with E-state index in [1.165, 1.54) is 0 Å². The fraction of sp³-hybridized carbons (Fsp3) is 1.00. The fourth-order valence-corrected chi connectivity index (χ4v) is 1.34. The molecule has 0 amide bonds. The highest BCUT2D eigenvalue weighted by Crippen LogP contribution is 2.20. The highest BCUT2D eigenvalue weighted by molar-refractivity contribution is 6.44. The van der Waals surface area contributed by atoms with Crippen LogP contribution in [0.25, 0.3) is 0 Å². The molecular formula is C6H11Cl3O. The molecule has 0 fully saturated rings. The van der Waals surface area contributed by atoms with Crippen LogP contribution in [0.3, 0.4) is 0 Å². The Kier molecular flexibility index (Phi) is 5.93. The maximum Gasteiger partial charge on any atom is 0.109 e. The van der Waals surface area contributed by atoms with Crippen molar-refractivity contribution in [2.75, 3.05) is 6.61 Å². The minimum atomic E-state index is -0.434. The van der Waals surface area contributed by atoms with E-state index in [1.807, 2.05) is 6.92 Å². The molecule has 0 bridgehead atoms. The Labute approximate surface area is 76.3 Å². The molecule has 0 aromatic rings. The summed E-state index contributed by atoms with van der Waals surface area (Å²) in [5.41, 5.74) is 0. The van der Waals surface area contributed by atoms with Gasteiger partial charge in [0.1, 0.15) is 4.84 Å². The molecule has 62 valence electrons. The molecule has 0 rings (SSSR count). The van der Waals surface area contributed by atoms with Crippen molar-refractivity contribution in [1.82, 2.24) is 0 Å².